The lowest BCUT2D eigenvalue weighted by Crippen LogP contribution is -2.27. The molecule has 4 nitrogen and oxygen atoms in total. The van der Waals surface area contributed by atoms with Crippen LogP contribution in [0.4, 0.5) is 11.4 Å². The van der Waals surface area contributed by atoms with E-state index in [-0.39, 0.29) is 17.7 Å². The average molecular weight is 479 g/mol. The van der Waals surface area contributed by atoms with Crippen LogP contribution >= 0.6 is 23.2 Å². The summed E-state index contributed by atoms with van der Waals surface area (Å²) in [6.45, 7) is 2.59. The Balaban J connectivity index is 1.56. The third kappa shape index (κ3) is 4.33. The molecule has 0 saturated heterocycles. The Hall–Kier alpha value is -2.95. The van der Waals surface area contributed by atoms with Gasteiger partial charge in [-0.1, -0.05) is 53.5 Å². The van der Waals surface area contributed by atoms with Gasteiger partial charge >= 0.3 is 0 Å². The fraction of sp³-hybridized carbons (Fsp3) is 0.222. The largest absolute Gasteiger partial charge is 0.494 e. The predicted octanol–water partition coefficient (Wildman–Crippen LogP) is 7.37. The molecule has 33 heavy (non-hydrogen) atoms. The van der Waals surface area contributed by atoms with Crippen LogP contribution in [-0.2, 0) is 4.79 Å². The number of ether oxygens (including phenoxy) is 1. The molecule has 5 rings (SSSR count). The van der Waals surface area contributed by atoms with Gasteiger partial charge in [0.1, 0.15) is 5.75 Å². The van der Waals surface area contributed by atoms with Crippen molar-refractivity contribution in [3.8, 4) is 5.75 Å². The van der Waals surface area contributed by atoms with Crippen molar-refractivity contribution >= 4 is 40.4 Å². The highest BCUT2D eigenvalue weighted by Gasteiger charge is 2.36. The normalized spacial score (nSPS) is 19.7. The molecule has 0 aromatic heterocycles. The van der Waals surface area contributed by atoms with Crippen LogP contribution in [0.1, 0.15) is 42.9 Å². The monoisotopic (exact) mass is 478 g/mol. The summed E-state index contributed by atoms with van der Waals surface area (Å²) in [6.07, 6.45) is 1.17. The van der Waals surface area contributed by atoms with Crippen LogP contribution in [0, 0.1) is 0 Å². The quantitative estimate of drug-likeness (QED) is 0.410. The maximum atomic E-state index is 13.6. The van der Waals surface area contributed by atoms with Crippen LogP contribution in [0.5, 0.6) is 5.75 Å². The van der Waals surface area contributed by atoms with E-state index >= 15 is 0 Å². The Labute approximate surface area is 203 Å². The van der Waals surface area contributed by atoms with Crippen molar-refractivity contribution in [2.24, 2.45) is 0 Å². The number of rotatable bonds is 4. The third-order valence-corrected chi connectivity index (χ3v) is 6.81. The number of carbonyl (C=O) groups excluding carboxylic acids is 1. The highest BCUT2D eigenvalue weighted by atomic mass is 35.5. The lowest BCUT2D eigenvalue weighted by Gasteiger charge is -2.30. The van der Waals surface area contributed by atoms with Crippen molar-refractivity contribution < 1.29 is 9.53 Å². The Kier molecular flexibility index (Phi) is 6.05. The van der Waals surface area contributed by atoms with E-state index in [1.54, 1.807) is 6.07 Å². The molecule has 3 aromatic carbocycles. The van der Waals surface area contributed by atoms with Crippen molar-refractivity contribution in [3.63, 3.8) is 0 Å². The van der Waals surface area contributed by atoms with E-state index in [0.29, 0.717) is 23.1 Å². The molecule has 0 saturated carbocycles. The second-order valence-electron chi connectivity index (χ2n) is 8.34. The van der Waals surface area contributed by atoms with Crippen LogP contribution in [-0.4, -0.2) is 12.4 Å². The molecule has 2 unspecified atom stereocenters. The maximum Gasteiger partial charge on any atom is 0.163 e. The van der Waals surface area contributed by atoms with Gasteiger partial charge in [-0.25, -0.2) is 0 Å². The molecule has 2 aliphatic rings. The van der Waals surface area contributed by atoms with E-state index in [0.717, 1.165) is 45.9 Å². The topological polar surface area (TPSA) is 50.4 Å². The van der Waals surface area contributed by atoms with E-state index in [2.05, 4.69) is 22.8 Å². The van der Waals surface area contributed by atoms with Crippen molar-refractivity contribution in [2.45, 2.75) is 31.7 Å². The van der Waals surface area contributed by atoms with Crippen LogP contribution in [0.3, 0.4) is 0 Å². The van der Waals surface area contributed by atoms with Crippen molar-refractivity contribution in [2.75, 3.05) is 17.2 Å². The first-order valence-corrected chi connectivity index (χ1v) is 11.9. The lowest BCUT2D eigenvalue weighted by atomic mass is 9.78. The standard InChI is InChI=1S/C27H24Cl2N2O2/c1-2-33-19-10-7-16(8-11-19)17-13-24-26(25(32)14-17)27(20-12-9-18(28)15-21(20)29)31-23-6-4-3-5-22(23)30-24/h3-12,15,17,27,30-31H,2,13-14H2,1H3. The first kappa shape index (κ1) is 21.9. The number of anilines is 2. The zero-order valence-electron chi connectivity index (χ0n) is 18.2. The van der Waals surface area contributed by atoms with Gasteiger partial charge in [0.25, 0.3) is 0 Å². The SMILES string of the molecule is CCOc1ccc(C2CC(=O)C3=C(C2)Nc2ccccc2NC3c2ccc(Cl)cc2Cl)cc1. The smallest absolute Gasteiger partial charge is 0.163 e. The second-order valence-corrected chi connectivity index (χ2v) is 9.18. The number of Topliss-reactive ketones (excluding diaryl/α,β-unsaturated/α-hetero) is 1. The molecule has 168 valence electrons. The Morgan fingerprint density at radius 1 is 0.970 bits per heavy atom. The highest BCUT2D eigenvalue weighted by Crippen LogP contribution is 2.45. The number of hydrogen-bond donors (Lipinski definition) is 2. The third-order valence-electron chi connectivity index (χ3n) is 6.24. The fourth-order valence-corrected chi connectivity index (χ4v) is 5.22. The second kappa shape index (κ2) is 9.12. The summed E-state index contributed by atoms with van der Waals surface area (Å²) < 4.78 is 5.57. The Morgan fingerprint density at radius 3 is 2.45 bits per heavy atom. The van der Waals surface area contributed by atoms with Gasteiger partial charge in [0.2, 0.25) is 0 Å². The van der Waals surface area contributed by atoms with Crippen LogP contribution < -0.4 is 15.4 Å². The van der Waals surface area contributed by atoms with E-state index in [4.69, 9.17) is 27.9 Å². The molecule has 0 fully saturated rings. The molecule has 2 atom stereocenters. The van der Waals surface area contributed by atoms with E-state index in [1.807, 2.05) is 55.5 Å². The van der Waals surface area contributed by atoms with Crippen molar-refractivity contribution in [3.05, 3.63) is 99.2 Å². The predicted molar refractivity (Wildman–Crippen MR) is 135 cm³/mol. The van der Waals surface area contributed by atoms with Gasteiger partial charge in [-0.15, -0.1) is 0 Å². The van der Waals surface area contributed by atoms with E-state index in [1.165, 1.54) is 0 Å². The van der Waals surface area contributed by atoms with Crippen LogP contribution in [0.2, 0.25) is 10.0 Å². The Bertz CT molecular complexity index is 1240. The van der Waals surface area contributed by atoms with Crippen molar-refractivity contribution in [1.82, 2.24) is 0 Å². The zero-order chi connectivity index (χ0) is 22.9. The van der Waals surface area contributed by atoms with Gasteiger partial charge in [-0.3, -0.25) is 4.79 Å². The van der Waals surface area contributed by atoms with E-state index < -0.39 is 0 Å². The number of nitrogens with one attached hydrogen (secondary N) is 2. The number of para-hydroxylation sites is 2. The molecule has 0 spiro atoms. The number of halogens is 2. The number of fused-ring (bicyclic) bond motifs is 1. The summed E-state index contributed by atoms with van der Waals surface area (Å²) in [5, 5.41) is 8.21. The minimum Gasteiger partial charge on any atom is -0.494 e. The highest BCUT2D eigenvalue weighted by molar-refractivity contribution is 6.35. The van der Waals surface area contributed by atoms with Crippen LogP contribution in [0.25, 0.3) is 0 Å². The molecule has 1 heterocycles. The number of hydrogen-bond acceptors (Lipinski definition) is 4. The maximum absolute atomic E-state index is 13.6. The minimum atomic E-state index is -0.366. The van der Waals surface area contributed by atoms with Gasteiger partial charge in [0, 0.05) is 27.7 Å². The summed E-state index contributed by atoms with van der Waals surface area (Å²) in [7, 11) is 0. The summed E-state index contributed by atoms with van der Waals surface area (Å²) >= 11 is 12.7. The summed E-state index contributed by atoms with van der Waals surface area (Å²) in [5.41, 5.74) is 5.49. The molecule has 1 aliphatic carbocycles. The van der Waals surface area contributed by atoms with Crippen molar-refractivity contribution in [1.29, 1.82) is 0 Å². The number of benzene rings is 3. The number of allylic oxidation sites excluding steroid dienone is 1. The number of carbonyl (C=O) groups is 1. The fourth-order valence-electron chi connectivity index (χ4n) is 4.70. The summed E-state index contributed by atoms with van der Waals surface area (Å²) in [5.74, 6) is 1.04. The van der Waals surface area contributed by atoms with Gasteiger partial charge in [-0.05, 0) is 66.8 Å². The van der Waals surface area contributed by atoms with E-state index in [9.17, 15) is 4.79 Å². The van der Waals surface area contributed by atoms with Gasteiger partial charge in [0.15, 0.2) is 5.78 Å². The molecule has 0 amide bonds. The number of ketones is 1. The molecular weight excluding hydrogens is 455 g/mol. The van der Waals surface area contributed by atoms with Gasteiger partial charge in [-0.2, -0.15) is 0 Å². The lowest BCUT2D eigenvalue weighted by molar-refractivity contribution is -0.116. The molecule has 0 bridgehead atoms. The van der Waals surface area contributed by atoms with Gasteiger partial charge < -0.3 is 15.4 Å². The Morgan fingerprint density at radius 2 is 1.73 bits per heavy atom. The molecule has 2 N–H and O–H groups in total. The molecule has 6 heteroatoms. The van der Waals surface area contributed by atoms with Crippen LogP contribution in [0.15, 0.2) is 78.0 Å². The average Bonchev–Trinajstić information content (AvgIpc) is 2.96. The summed E-state index contributed by atoms with van der Waals surface area (Å²) in [6, 6.07) is 21.1. The first-order chi connectivity index (χ1) is 16.0. The molecule has 3 aromatic rings. The summed E-state index contributed by atoms with van der Waals surface area (Å²) in [4.78, 5) is 13.6. The molecular formula is C27H24Cl2N2O2. The van der Waals surface area contributed by atoms with Gasteiger partial charge in [0.05, 0.1) is 24.0 Å². The molecule has 1 aliphatic heterocycles. The minimum absolute atomic E-state index is 0.0889. The zero-order valence-corrected chi connectivity index (χ0v) is 19.7. The first-order valence-electron chi connectivity index (χ1n) is 11.1. The molecule has 0 radical (unpaired) electrons.